The maximum Gasteiger partial charge on any atom is 0.411 e. The van der Waals surface area contributed by atoms with Gasteiger partial charge in [-0.3, -0.25) is 4.90 Å². The van der Waals surface area contributed by atoms with Crippen molar-refractivity contribution >= 4 is 29.3 Å². The number of carbonyl (C=O) groups excluding carboxylic acids is 1. The molecule has 1 aromatic carbocycles. The Balaban J connectivity index is 2.35. The van der Waals surface area contributed by atoms with Crippen LogP contribution in [0.15, 0.2) is 18.2 Å². The monoisotopic (exact) mass is 301 g/mol. The number of carbonyl (C=O) groups is 1. The van der Waals surface area contributed by atoms with Crippen molar-refractivity contribution in [1.82, 2.24) is 4.90 Å². The molecule has 1 amide bonds. The summed E-state index contributed by atoms with van der Waals surface area (Å²) in [5.74, 6) is 0. The molecule has 19 heavy (non-hydrogen) atoms. The molecule has 1 fully saturated rings. The molecule has 0 saturated carbocycles. The van der Waals surface area contributed by atoms with Gasteiger partial charge >= 0.3 is 6.09 Å². The van der Waals surface area contributed by atoms with Gasteiger partial charge < -0.3 is 4.74 Å². The average Bonchev–Trinajstić information content (AvgIpc) is 2.51. The van der Waals surface area contributed by atoms with Crippen molar-refractivity contribution in [2.45, 2.75) is 45.4 Å². The average molecular weight is 302 g/mol. The second kappa shape index (κ2) is 4.88. The van der Waals surface area contributed by atoms with Crippen LogP contribution in [0.5, 0.6) is 0 Å². The van der Waals surface area contributed by atoms with Crippen LogP contribution >= 0.6 is 23.2 Å². The van der Waals surface area contributed by atoms with Crippen molar-refractivity contribution in [2.24, 2.45) is 0 Å². The number of hydrogen-bond acceptors (Lipinski definition) is 2. The molecule has 3 nitrogen and oxygen atoms in total. The minimum absolute atomic E-state index is 0.0676. The summed E-state index contributed by atoms with van der Waals surface area (Å²) in [4.78, 5) is 13.8. The molecule has 1 saturated heterocycles. The molecule has 0 bridgehead atoms. The highest BCUT2D eigenvalue weighted by molar-refractivity contribution is 6.34. The van der Waals surface area contributed by atoms with Crippen molar-refractivity contribution in [2.75, 3.05) is 0 Å². The second-order valence-electron chi connectivity index (χ2n) is 5.79. The number of hydrogen-bond donors (Lipinski definition) is 0. The smallest absolute Gasteiger partial charge is 0.411 e. The Hall–Kier alpha value is -0.930. The van der Waals surface area contributed by atoms with Crippen LogP contribution < -0.4 is 0 Å². The zero-order valence-corrected chi connectivity index (χ0v) is 12.9. The molecule has 1 aliphatic heterocycles. The number of cyclic esters (lactones) is 1. The van der Waals surface area contributed by atoms with Crippen molar-refractivity contribution in [3.8, 4) is 0 Å². The molecule has 2 rings (SSSR count). The molecular formula is C14H17Cl2NO2. The Morgan fingerprint density at radius 2 is 1.68 bits per heavy atom. The van der Waals surface area contributed by atoms with Crippen LogP contribution in [0.3, 0.4) is 0 Å². The third-order valence-electron chi connectivity index (χ3n) is 3.21. The van der Waals surface area contributed by atoms with E-state index < -0.39 is 0 Å². The fraction of sp³-hybridized carbons (Fsp3) is 0.500. The molecule has 0 unspecified atom stereocenters. The molecule has 104 valence electrons. The number of benzene rings is 1. The van der Waals surface area contributed by atoms with Crippen LogP contribution in [0, 0.1) is 0 Å². The van der Waals surface area contributed by atoms with Gasteiger partial charge in [-0.2, -0.15) is 0 Å². The fourth-order valence-corrected chi connectivity index (χ4v) is 3.08. The first-order valence-electron chi connectivity index (χ1n) is 6.16. The molecule has 1 aliphatic rings. The van der Waals surface area contributed by atoms with Crippen LogP contribution in [0.4, 0.5) is 4.79 Å². The van der Waals surface area contributed by atoms with Gasteiger partial charge in [0.1, 0.15) is 6.10 Å². The quantitative estimate of drug-likeness (QED) is 0.754. The van der Waals surface area contributed by atoms with E-state index in [-0.39, 0.29) is 23.8 Å². The number of ether oxygens (including phenoxy) is 1. The van der Waals surface area contributed by atoms with E-state index in [1.165, 1.54) is 0 Å². The number of amides is 1. The highest BCUT2D eigenvalue weighted by Crippen LogP contribution is 2.38. The molecular weight excluding hydrogens is 285 g/mol. The van der Waals surface area contributed by atoms with Crippen LogP contribution in [0.2, 0.25) is 10.0 Å². The SMILES string of the molecule is C[C@H]1[C@@H](c2cc(Cl)cc(Cl)c2)OC(=O)N1C(C)(C)C. The molecule has 2 atom stereocenters. The van der Waals surface area contributed by atoms with E-state index in [0.717, 1.165) is 5.56 Å². The van der Waals surface area contributed by atoms with E-state index in [4.69, 9.17) is 27.9 Å². The second-order valence-corrected chi connectivity index (χ2v) is 6.66. The first-order valence-corrected chi connectivity index (χ1v) is 6.91. The van der Waals surface area contributed by atoms with E-state index >= 15 is 0 Å². The Labute approximate surface area is 123 Å². The first kappa shape index (κ1) is 14.5. The summed E-state index contributed by atoms with van der Waals surface area (Å²) in [5.41, 5.74) is 0.540. The Morgan fingerprint density at radius 1 is 1.16 bits per heavy atom. The van der Waals surface area contributed by atoms with E-state index in [1.807, 2.05) is 27.7 Å². The summed E-state index contributed by atoms with van der Waals surface area (Å²) in [6.07, 6.45) is -0.649. The number of halogens is 2. The minimum atomic E-state index is -0.345. The van der Waals surface area contributed by atoms with Crippen LogP contribution in [0.1, 0.15) is 39.4 Å². The third kappa shape index (κ3) is 2.82. The third-order valence-corrected chi connectivity index (χ3v) is 3.64. The zero-order chi connectivity index (χ0) is 14.4. The van der Waals surface area contributed by atoms with Crippen LogP contribution in [0.25, 0.3) is 0 Å². The predicted octanol–water partition coefficient (Wildman–Crippen LogP) is 4.67. The standard InChI is InChI=1S/C14H17Cl2NO2/c1-8-12(9-5-10(15)7-11(16)6-9)19-13(18)17(8)14(2,3)4/h5-8,12H,1-4H3/t8-,12-/m0/s1. The lowest BCUT2D eigenvalue weighted by molar-refractivity contribution is 0.119. The van der Waals surface area contributed by atoms with E-state index in [1.54, 1.807) is 23.1 Å². The van der Waals surface area contributed by atoms with Gasteiger partial charge in [-0.25, -0.2) is 4.79 Å². The molecule has 0 N–H and O–H groups in total. The molecule has 1 aromatic rings. The van der Waals surface area contributed by atoms with Crippen LogP contribution in [-0.2, 0) is 4.74 Å². The largest absolute Gasteiger partial charge is 0.439 e. The number of rotatable bonds is 1. The van der Waals surface area contributed by atoms with Gasteiger partial charge in [0.15, 0.2) is 0 Å². The van der Waals surface area contributed by atoms with Gasteiger partial charge in [-0.05, 0) is 51.5 Å². The van der Waals surface area contributed by atoms with E-state index in [2.05, 4.69) is 0 Å². The Kier molecular flexibility index (Phi) is 3.72. The zero-order valence-electron chi connectivity index (χ0n) is 11.4. The van der Waals surface area contributed by atoms with Crippen molar-refractivity contribution in [1.29, 1.82) is 0 Å². The Bertz CT molecular complexity index is 490. The van der Waals surface area contributed by atoms with Gasteiger partial charge in [0.05, 0.1) is 6.04 Å². The van der Waals surface area contributed by atoms with Gasteiger partial charge in [0, 0.05) is 15.6 Å². The summed E-state index contributed by atoms with van der Waals surface area (Å²) < 4.78 is 5.48. The Morgan fingerprint density at radius 3 is 2.11 bits per heavy atom. The summed E-state index contributed by atoms with van der Waals surface area (Å²) in [7, 11) is 0. The summed E-state index contributed by atoms with van der Waals surface area (Å²) in [6, 6.07) is 5.17. The molecule has 1 heterocycles. The van der Waals surface area contributed by atoms with Crippen molar-refractivity contribution in [3.63, 3.8) is 0 Å². The maximum absolute atomic E-state index is 12.0. The van der Waals surface area contributed by atoms with Crippen LogP contribution in [-0.4, -0.2) is 22.6 Å². The van der Waals surface area contributed by atoms with Crippen molar-refractivity contribution < 1.29 is 9.53 Å². The molecule has 0 spiro atoms. The van der Waals surface area contributed by atoms with Gasteiger partial charge in [0.25, 0.3) is 0 Å². The van der Waals surface area contributed by atoms with Crippen molar-refractivity contribution in [3.05, 3.63) is 33.8 Å². The maximum atomic E-state index is 12.0. The lowest BCUT2D eigenvalue weighted by Gasteiger charge is -2.33. The normalized spacial score (nSPS) is 23.7. The topological polar surface area (TPSA) is 29.5 Å². The lowest BCUT2D eigenvalue weighted by atomic mass is 9.99. The van der Waals surface area contributed by atoms with E-state index in [0.29, 0.717) is 10.0 Å². The van der Waals surface area contributed by atoms with Gasteiger partial charge in [-0.1, -0.05) is 23.2 Å². The molecule has 0 aromatic heterocycles. The first-order chi connectivity index (χ1) is 8.70. The number of nitrogens with zero attached hydrogens (tertiary/aromatic N) is 1. The summed E-state index contributed by atoms with van der Waals surface area (Å²) in [5, 5.41) is 1.08. The molecule has 0 radical (unpaired) electrons. The van der Waals surface area contributed by atoms with Gasteiger partial charge in [0.2, 0.25) is 0 Å². The predicted molar refractivity (Wildman–Crippen MR) is 76.7 cm³/mol. The lowest BCUT2D eigenvalue weighted by Crippen LogP contribution is -2.46. The minimum Gasteiger partial charge on any atom is -0.439 e. The summed E-state index contributed by atoms with van der Waals surface area (Å²) in [6.45, 7) is 7.92. The summed E-state index contributed by atoms with van der Waals surface area (Å²) >= 11 is 12.0. The fourth-order valence-electron chi connectivity index (χ4n) is 2.54. The molecule has 0 aliphatic carbocycles. The van der Waals surface area contributed by atoms with Gasteiger partial charge in [-0.15, -0.1) is 0 Å². The highest BCUT2D eigenvalue weighted by Gasteiger charge is 2.44. The molecule has 5 heteroatoms. The van der Waals surface area contributed by atoms with E-state index in [9.17, 15) is 4.79 Å². The highest BCUT2D eigenvalue weighted by atomic mass is 35.5.